The summed E-state index contributed by atoms with van der Waals surface area (Å²) >= 11 is 6.25. The highest BCUT2D eigenvalue weighted by atomic mass is 35.5. The van der Waals surface area contributed by atoms with Crippen molar-refractivity contribution >= 4 is 45.8 Å². The molecule has 9 nitrogen and oxygen atoms in total. The van der Waals surface area contributed by atoms with Gasteiger partial charge in [-0.05, 0) is 36.8 Å². The summed E-state index contributed by atoms with van der Waals surface area (Å²) < 4.78 is 31.6. The lowest BCUT2D eigenvalue weighted by atomic mass is 10.0. The molecule has 5 aromatic rings. The molecule has 1 aliphatic heterocycles. The Labute approximate surface area is 261 Å². The van der Waals surface area contributed by atoms with Gasteiger partial charge in [-0.3, -0.25) is 19.1 Å². The van der Waals surface area contributed by atoms with E-state index in [1.54, 1.807) is 67.8 Å². The molecule has 12 heteroatoms. The minimum atomic E-state index is -1.45. The first-order chi connectivity index (χ1) is 21.6. The van der Waals surface area contributed by atoms with Crippen molar-refractivity contribution in [3.8, 4) is 22.3 Å². The van der Waals surface area contributed by atoms with Crippen molar-refractivity contribution in [2.75, 3.05) is 11.9 Å². The maximum absolute atomic E-state index is 15.5. The summed E-state index contributed by atoms with van der Waals surface area (Å²) in [6, 6.07) is 15.4. The number of carbonyl (C=O) groups is 3. The van der Waals surface area contributed by atoms with Crippen LogP contribution in [0.5, 0.6) is 0 Å². The molecule has 0 radical (unpaired) electrons. The number of hydrogen-bond donors (Lipinski definition) is 1. The molecule has 0 aliphatic carbocycles. The first kappa shape index (κ1) is 30.0. The van der Waals surface area contributed by atoms with Crippen molar-refractivity contribution in [1.29, 1.82) is 0 Å². The number of nitrogens with one attached hydrogen (secondary N) is 1. The van der Waals surface area contributed by atoms with E-state index >= 15 is 4.39 Å². The second-order valence-electron chi connectivity index (χ2n) is 10.8. The Balaban J connectivity index is 1.25. The Kier molecular flexibility index (Phi) is 8.11. The maximum atomic E-state index is 15.5. The van der Waals surface area contributed by atoms with Crippen molar-refractivity contribution in [1.82, 2.24) is 24.6 Å². The van der Waals surface area contributed by atoms with Gasteiger partial charge in [0, 0.05) is 52.8 Å². The number of amides is 2. The van der Waals surface area contributed by atoms with Crippen LogP contribution in [-0.2, 0) is 16.1 Å². The minimum absolute atomic E-state index is 0.119. The topological polar surface area (TPSA) is 110 Å². The number of benzene rings is 3. The van der Waals surface area contributed by atoms with E-state index in [-0.39, 0.29) is 42.2 Å². The molecule has 0 spiro atoms. The van der Waals surface area contributed by atoms with Crippen LogP contribution in [0.15, 0.2) is 73.1 Å². The number of anilines is 1. The Morgan fingerprint density at radius 2 is 1.73 bits per heavy atom. The number of fused-ring (bicyclic) bond motifs is 1. The Bertz CT molecular complexity index is 1960. The van der Waals surface area contributed by atoms with E-state index in [9.17, 15) is 18.8 Å². The van der Waals surface area contributed by atoms with Gasteiger partial charge in [0.2, 0.25) is 11.8 Å². The number of aryl methyl sites for hydroxylation is 1. The average molecular weight is 629 g/mol. The fraction of sp³-hybridized carbons (Fsp3) is 0.212. The van der Waals surface area contributed by atoms with Gasteiger partial charge < -0.3 is 10.2 Å². The molecule has 228 valence electrons. The van der Waals surface area contributed by atoms with Crippen LogP contribution >= 0.6 is 11.6 Å². The van der Waals surface area contributed by atoms with Crippen LogP contribution in [0.25, 0.3) is 33.2 Å². The van der Waals surface area contributed by atoms with Crippen molar-refractivity contribution in [2.24, 2.45) is 0 Å². The number of rotatable bonds is 7. The molecule has 6 rings (SSSR count). The molecule has 2 aromatic heterocycles. The third-order valence-electron chi connectivity index (χ3n) is 7.78. The standard InChI is InChI=1S/C33H27ClF2N6O3/c1-18(43)32-25-12-20(21-14-37-19(2)38-15-21)10-11-28(25)42(40-32)17-30(44)41-16-22(35)13-29(41)33(45)39-27-9-5-7-24(31(27)36)23-6-3-4-8-26(23)34/h3-12,14-15,22,29H,13,16-17H2,1-2H3,(H,39,45). The Hall–Kier alpha value is -5.03. The van der Waals surface area contributed by atoms with E-state index in [4.69, 9.17) is 11.6 Å². The zero-order valence-electron chi connectivity index (χ0n) is 24.3. The SMILES string of the molecule is CC(=O)c1nn(CC(=O)N2CC(F)CC2C(=O)Nc2cccc(-c3ccccc3Cl)c2F)c2ccc(-c3cnc(C)nc3)cc12. The smallest absolute Gasteiger partial charge is 0.247 e. The third-order valence-corrected chi connectivity index (χ3v) is 8.11. The van der Waals surface area contributed by atoms with Gasteiger partial charge in [0.25, 0.3) is 0 Å². The molecule has 2 atom stereocenters. The van der Waals surface area contributed by atoms with E-state index in [0.29, 0.717) is 27.3 Å². The van der Waals surface area contributed by atoms with E-state index < -0.39 is 29.8 Å². The summed E-state index contributed by atoms with van der Waals surface area (Å²) in [5.41, 5.74) is 2.70. The zero-order chi connectivity index (χ0) is 31.8. The highest BCUT2D eigenvalue weighted by Gasteiger charge is 2.40. The number of ketones is 1. The average Bonchev–Trinajstić information content (AvgIpc) is 3.59. The van der Waals surface area contributed by atoms with E-state index in [1.807, 2.05) is 0 Å². The maximum Gasteiger partial charge on any atom is 0.247 e. The van der Waals surface area contributed by atoms with Gasteiger partial charge in [0.15, 0.2) is 11.6 Å². The van der Waals surface area contributed by atoms with Crippen molar-refractivity contribution in [3.05, 3.63) is 95.4 Å². The summed E-state index contributed by atoms with van der Waals surface area (Å²) in [5, 5.41) is 7.80. The molecule has 3 heterocycles. The first-order valence-corrected chi connectivity index (χ1v) is 14.6. The largest absolute Gasteiger partial charge is 0.326 e. The molecule has 1 aliphatic rings. The highest BCUT2D eigenvalue weighted by Crippen LogP contribution is 2.33. The highest BCUT2D eigenvalue weighted by molar-refractivity contribution is 6.33. The Morgan fingerprint density at radius 1 is 1.00 bits per heavy atom. The second kappa shape index (κ2) is 12.2. The summed E-state index contributed by atoms with van der Waals surface area (Å²) in [5.74, 6) is -1.68. The predicted octanol–water partition coefficient (Wildman–Crippen LogP) is 6.04. The normalized spacial score (nSPS) is 16.2. The summed E-state index contributed by atoms with van der Waals surface area (Å²) in [6.07, 6.45) is 1.65. The number of alkyl halides is 1. The van der Waals surface area contributed by atoms with Crippen LogP contribution in [0.4, 0.5) is 14.5 Å². The Morgan fingerprint density at radius 3 is 2.47 bits per heavy atom. The van der Waals surface area contributed by atoms with Crippen LogP contribution in [0, 0.1) is 12.7 Å². The monoisotopic (exact) mass is 628 g/mol. The molecule has 1 saturated heterocycles. The molecular formula is C33H27ClF2N6O3. The number of nitrogens with zero attached hydrogens (tertiary/aromatic N) is 5. The van der Waals surface area contributed by atoms with Gasteiger partial charge in [0.1, 0.15) is 30.3 Å². The van der Waals surface area contributed by atoms with Crippen LogP contribution in [0.3, 0.4) is 0 Å². The summed E-state index contributed by atoms with van der Waals surface area (Å²) in [4.78, 5) is 49.0. The van der Waals surface area contributed by atoms with E-state index in [2.05, 4.69) is 20.4 Å². The van der Waals surface area contributed by atoms with E-state index in [1.165, 1.54) is 23.7 Å². The number of likely N-dealkylation sites (tertiary alicyclic amines) is 1. The van der Waals surface area contributed by atoms with Gasteiger partial charge in [-0.2, -0.15) is 5.10 Å². The number of aromatic nitrogens is 4. The fourth-order valence-corrected chi connectivity index (χ4v) is 5.78. The van der Waals surface area contributed by atoms with Crippen LogP contribution in [-0.4, -0.2) is 61.0 Å². The van der Waals surface area contributed by atoms with E-state index in [0.717, 1.165) is 16.0 Å². The molecule has 3 aromatic carbocycles. The van der Waals surface area contributed by atoms with Gasteiger partial charge in [0.05, 0.1) is 17.7 Å². The van der Waals surface area contributed by atoms with Crippen LogP contribution in [0.2, 0.25) is 5.02 Å². The van der Waals surface area contributed by atoms with Gasteiger partial charge >= 0.3 is 0 Å². The quantitative estimate of drug-likeness (QED) is 0.220. The van der Waals surface area contributed by atoms with Gasteiger partial charge in [-0.15, -0.1) is 0 Å². The zero-order valence-corrected chi connectivity index (χ0v) is 25.1. The summed E-state index contributed by atoms with van der Waals surface area (Å²) in [7, 11) is 0. The molecule has 45 heavy (non-hydrogen) atoms. The molecule has 2 amide bonds. The number of hydrogen-bond acceptors (Lipinski definition) is 6. The number of halogens is 3. The number of Topliss-reactive ketones (excluding diaryl/α,β-unsaturated/α-hetero) is 1. The third kappa shape index (κ3) is 5.91. The van der Waals surface area contributed by atoms with Crippen LogP contribution < -0.4 is 5.32 Å². The summed E-state index contributed by atoms with van der Waals surface area (Å²) in [6.45, 7) is 2.50. The lowest BCUT2D eigenvalue weighted by Crippen LogP contribution is -2.44. The van der Waals surface area contributed by atoms with Crippen molar-refractivity contribution in [2.45, 2.75) is 39.0 Å². The van der Waals surface area contributed by atoms with Gasteiger partial charge in [-0.1, -0.05) is 48.0 Å². The lowest BCUT2D eigenvalue weighted by Gasteiger charge is -2.24. The number of carbonyl (C=O) groups excluding carboxylic acids is 3. The molecule has 1 N–H and O–H groups in total. The van der Waals surface area contributed by atoms with Gasteiger partial charge in [-0.25, -0.2) is 18.7 Å². The van der Waals surface area contributed by atoms with Crippen molar-refractivity contribution in [3.63, 3.8) is 0 Å². The lowest BCUT2D eigenvalue weighted by molar-refractivity contribution is -0.137. The van der Waals surface area contributed by atoms with Crippen molar-refractivity contribution < 1.29 is 23.2 Å². The minimum Gasteiger partial charge on any atom is -0.326 e. The second-order valence-corrected chi connectivity index (χ2v) is 11.3. The van der Waals surface area contributed by atoms with Crippen LogP contribution in [0.1, 0.15) is 29.7 Å². The molecule has 2 unspecified atom stereocenters. The molecule has 0 saturated carbocycles. The molecule has 0 bridgehead atoms. The molecular weight excluding hydrogens is 602 g/mol. The predicted molar refractivity (Wildman–Crippen MR) is 166 cm³/mol. The first-order valence-electron chi connectivity index (χ1n) is 14.2. The molecule has 1 fully saturated rings. The fourth-order valence-electron chi connectivity index (χ4n) is 5.54.